The van der Waals surface area contributed by atoms with Gasteiger partial charge >= 0.3 is 5.97 Å². The van der Waals surface area contributed by atoms with Gasteiger partial charge in [-0.2, -0.15) is 8.42 Å². The van der Waals surface area contributed by atoms with E-state index in [0.717, 1.165) is 5.39 Å². The van der Waals surface area contributed by atoms with Gasteiger partial charge in [-0.1, -0.05) is 36.4 Å². The summed E-state index contributed by atoms with van der Waals surface area (Å²) in [5.41, 5.74) is 0.222. The largest absolute Gasteiger partial charge is 0.480 e. The van der Waals surface area contributed by atoms with Gasteiger partial charge in [0.05, 0.1) is 0 Å². The molecule has 22 heavy (non-hydrogen) atoms. The van der Waals surface area contributed by atoms with E-state index in [0.29, 0.717) is 5.39 Å². The van der Waals surface area contributed by atoms with Crippen LogP contribution in [-0.4, -0.2) is 41.7 Å². The molecule has 0 aliphatic carbocycles. The number of carbonyl (C=O) groups excluding carboxylic acids is 1. The van der Waals surface area contributed by atoms with Gasteiger partial charge in [-0.25, -0.2) is 4.79 Å². The molecular formula is C14H13NO6S. The number of hydrogen-bond donors (Lipinski definition) is 3. The quantitative estimate of drug-likeness (QED) is 0.703. The summed E-state index contributed by atoms with van der Waals surface area (Å²) >= 11 is 0. The van der Waals surface area contributed by atoms with Gasteiger partial charge in [0.25, 0.3) is 16.0 Å². The van der Waals surface area contributed by atoms with Crippen LogP contribution in [0.2, 0.25) is 0 Å². The van der Waals surface area contributed by atoms with E-state index >= 15 is 0 Å². The van der Waals surface area contributed by atoms with E-state index in [1.165, 1.54) is 6.07 Å². The molecule has 0 saturated carbocycles. The Bertz CT molecular complexity index is 825. The van der Waals surface area contributed by atoms with Crippen LogP contribution >= 0.6 is 0 Å². The highest BCUT2D eigenvalue weighted by Gasteiger charge is 2.26. The van der Waals surface area contributed by atoms with Gasteiger partial charge in [-0.15, -0.1) is 0 Å². The lowest BCUT2D eigenvalue weighted by molar-refractivity contribution is -0.138. The second-order valence-electron chi connectivity index (χ2n) is 4.64. The van der Waals surface area contributed by atoms with E-state index in [2.05, 4.69) is 5.32 Å². The summed E-state index contributed by atoms with van der Waals surface area (Å²) in [7, 11) is -4.53. The molecule has 0 fully saturated rings. The van der Waals surface area contributed by atoms with E-state index in [1.54, 1.807) is 36.4 Å². The Balaban J connectivity index is 2.32. The van der Waals surface area contributed by atoms with E-state index in [4.69, 9.17) is 9.66 Å². The van der Waals surface area contributed by atoms with Crippen molar-refractivity contribution in [2.24, 2.45) is 0 Å². The standard InChI is InChI=1S/C14H13NO6S/c16-13(15-12(14(17)18)8-22(19,20)21)11-7-3-5-9-4-1-2-6-10(9)11/h1-7,12H,8H2,(H,15,16)(H,17,18)(H,19,20,21)/t12-/m0/s1. The number of carboxylic acid groups (broad SMARTS) is 1. The van der Waals surface area contributed by atoms with E-state index < -0.39 is 33.8 Å². The first-order valence-electron chi connectivity index (χ1n) is 6.24. The molecule has 0 spiro atoms. The maximum atomic E-state index is 12.2. The lowest BCUT2D eigenvalue weighted by Crippen LogP contribution is -2.45. The molecule has 2 aromatic rings. The summed E-state index contributed by atoms with van der Waals surface area (Å²) in [5, 5.41) is 12.5. The Morgan fingerprint density at radius 2 is 1.73 bits per heavy atom. The molecule has 0 aliphatic rings. The number of carbonyl (C=O) groups is 2. The number of nitrogens with one attached hydrogen (secondary N) is 1. The summed E-state index contributed by atoms with van der Waals surface area (Å²) in [6.45, 7) is 0. The third-order valence-corrected chi connectivity index (χ3v) is 3.77. The molecule has 0 saturated heterocycles. The molecule has 2 aromatic carbocycles. The number of carboxylic acids is 1. The third kappa shape index (κ3) is 3.80. The highest BCUT2D eigenvalue weighted by atomic mass is 32.2. The van der Waals surface area contributed by atoms with Crippen LogP contribution in [0, 0.1) is 0 Å². The maximum Gasteiger partial charge on any atom is 0.327 e. The van der Waals surface area contributed by atoms with Gasteiger partial charge in [-0.3, -0.25) is 9.35 Å². The smallest absolute Gasteiger partial charge is 0.327 e. The minimum absolute atomic E-state index is 0.222. The van der Waals surface area contributed by atoms with Crippen LogP contribution in [0.25, 0.3) is 10.8 Å². The average Bonchev–Trinajstić information content (AvgIpc) is 2.44. The molecule has 1 amide bonds. The predicted molar refractivity (Wildman–Crippen MR) is 79.3 cm³/mol. The maximum absolute atomic E-state index is 12.2. The average molecular weight is 323 g/mol. The minimum atomic E-state index is -4.53. The van der Waals surface area contributed by atoms with Crippen molar-refractivity contribution >= 4 is 32.8 Å². The fourth-order valence-electron chi connectivity index (χ4n) is 2.04. The van der Waals surface area contributed by atoms with Crippen LogP contribution in [-0.2, 0) is 14.9 Å². The molecule has 0 aromatic heterocycles. The second-order valence-corrected chi connectivity index (χ2v) is 6.14. The van der Waals surface area contributed by atoms with Crippen molar-refractivity contribution in [2.45, 2.75) is 6.04 Å². The van der Waals surface area contributed by atoms with Crippen LogP contribution < -0.4 is 5.32 Å². The van der Waals surface area contributed by atoms with Crippen molar-refractivity contribution in [2.75, 3.05) is 5.75 Å². The van der Waals surface area contributed by atoms with Gasteiger partial charge in [0.2, 0.25) is 0 Å². The summed E-state index contributed by atoms with van der Waals surface area (Å²) in [6, 6.07) is 10.2. The normalized spacial score (nSPS) is 12.8. The highest BCUT2D eigenvalue weighted by Crippen LogP contribution is 2.18. The summed E-state index contributed by atoms with van der Waals surface area (Å²) in [5.74, 6) is -3.38. The van der Waals surface area contributed by atoms with Crippen molar-refractivity contribution in [1.29, 1.82) is 0 Å². The van der Waals surface area contributed by atoms with Gasteiger partial charge in [0, 0.05) is 5.56 Å². The first-order valence-corrected chi connectivity index (χ1v) is 7.85. The zero-order chi connectivity index (χ0) is 16.3. The third-order valence-electron chi connectivity index (χ3n) is 3.01. The van der Waals surface area contributed by atoms with Crippen molar-refractivity contribution in [3.8, 4) is 0 Å². The molecular weight excluding hydrogens is 310 g/mol. The Morgan fingerprint density at radius 1 is 1.09 bits per heavy atom. The van der Waals surface area contributed by atoms with Crippen LogP contribution in [0.5, 0.6) is 0 Å². The van der Waals surface area contributed by atoms with Crippen LogP contribution in [0.15, 0.2) is 42.5 Å². The molecule has 3 N–H and O–H groups in total. The van der Waals surface area contributed by atoms with E-state index in [-0.39, 0.29) is 5.56 Å². The zero-order valence-electron chi connectivity index (χ0n) is 11.3. The van der Waals surface area contributed by atoms with Crippen LogP contribution in [0.3, 0.4) is 0 Å². The lowest BCUT2D eigenvalue weighted by Gasteiger charge is -2.14. The van der Waals surface area contributed by atoms with Gasteiger partial charge in [-0.05, 0) is 16.8 Å². The Morgan fingerprint density at radius 3 is 2.36 bits per heavy atom. The molecule has 2 rings (SSSR count). The molecule has 8 heteroatoms. The second kappa shape index (κ2) is 6.12. The number of benzene rings is 2. The Kier molecular flexibility index (Phi) is 4.43. The SMILES string of the molecule is O=C(N[C@@H](CS(=O)(=O)O)C(=O)O)c1cccc2ccccc12. The van der Waals surface area contributed by atoms with Crippen molar-refractivity contribution < 1.29 is 27.7 Å². The fourth-order valence-corrected chi connectivity index (χ4v) is 2.69. The molecule has 0 radical (unpaired) electrons. The lowest BCUT2D eigenvalue weighted by atomic mass is 10.0. The summed E-state index contributed by atoms with van der Waals surface area (Å²) in [6.07, 6.45) is 0. The molecule has 0 unspecified atom stereocenters. The molecule has 0 aliphatic heterocycles. The number of fused-ring (bicyclic) bond motifs is 1. The zero-order valence-corrected chi connectivity index (χ0v) is 12.1. The molecule has 0 heterocycles. The van der Waals surface area contributed by atoms with Crippen molar-refractivity contribution in [3.63, 3.8) is 0 Å². The number of rotatable bonds is 5. The first kappa shape index (κ1) is 15.9. The predicted octanol–water partition coefficient (Wildman–Crippen LogP) is 0.911. The van der Waals surface area contributed by atoms with E-state index in [9.17, 15) is 18.0 Å². The molecule has 7 nitrogen and oxygen atoms in total. The highest BCUT2D eigenvalue weighted by molar-refractivity contribution is 7.85. The number of hydrogen-bond acceptors (Lipinski definition) is 4. The molecule has 0 bridgehead atoms. The Labute approximate surface area is 126 Å². The van der Waals surface area contributed by atoms with Gasteiger partial charge in [0.1, 0.15) is 11.8 Å². The first-order chi connectivity index (χ1) is 10.3. The minimum Gasteiger partial charge on any atom is -0.480 e. The number of amides is 1. The summed E-state index contributed by atoms with van der Waals surface area (Å²) in [4.78, 5) is 23.2. The topological polar surface area (TPSA) is 121 Å². The van der Waals surface area contributed by atoms with Gasteiger partial charge in [0.15, 0.2) is 0 Å². The number of aliphatic carboxylic acids is 1. The fraction of sp³-hybridized carbons (Fsp3) is 0.143. The van der Waals surface area contributed by atoms with Crippen LogP contribution in [0.4, 0.5) is 0 Å². The molecule has 1 atom stereocenters. The Hall–Kier alpha value is -2.45. The van der Waals surface area contributed by atoms with Crippen LogP contribution in [0.1, 0.15) is 10.4 Å². The van der Waals surface area contributed by atoms with Crippen molar-refractivity contribution in [3.05, 3.63) is 48.0 Å². The summed E-state index contributed by atoms with van der Waals surface area (Å²) < 4.78 is 30.4. The molecule has 116 valence electrons. The monoisotopic (exact) mass is 323 g/mol. The van der Waals surface area contributed by atoms with Crippen molar-refractivity contribution in [1.82, 2.24) is 5.32 Å². The van der Waals surface area contributed by atoms with Gasteiger partial charge < -0.3 is 10.4 Å². The van der Waals surface area contributed by atoms with E-state index in [1.807, 2.05) is 0 Å².